The van der Waals surface area contributed by atoms with Gasteiger partial charge in [-0.15, -0.1) is 0 Å². The van der Waals surface area contributed by atoms with Crippen molar-refractivity contribution in [1.82, 2.24) is 0 Å². The first-order valence-electron chi connectivity index (χ1n) is 3.45. The predicted octanol–water partition coefficient (Wildman–Crippen LogP) is 1.95. The zero-order valence-electron chi connectivity index (χ0n) is 6.18. The zero-order chi connectivity index (χ0) is 8.10. The molecular formula is C8H11IN2. The van der Waals surface area contributed by atoms with E-state index in [-0.39, 0.29) is 0 Å². The molecule has 1 rings (SSSR count). The van der Waals surface area contributed by atoms with E-state index in [4.69, 9.17) is 5.73 Å². The van der Waals surface area contributed by atoms with E-state index < -0.39 is 0 Å². The Bertz CT molecular complexity index is 225. The molecule has 0 aliphatic carbocycles. The average Bonchev–Trinajstić information content (AvgIpc) is 2.06. The van der Waals surface area contributed by atoms with Gasteiger partial charge >= 0.3 is 0 Å². The highest BCUT2D eigenvalue weighted by Gasteiger charge is 1.90. The van der Waals surface area contributed by atoms with Crippen LogP contribution in [0, 0.1) is 0 Å². The second kappa shape index (κ2) is 4.56. The van der Waals surface area contributed by atoms with Crippen molar-refractivity contribution in [3.8, 4) is 0 Å². The number of anilines is 1. The maximum Gasteiger partial charge on any atom is 0.0670 e. The lowest BCUT2D eigenvalue weighted by Crippen LogP contribution is -1.98. The fraction of sp³-hybridized carbons (Fsp3) is 0.250. The van der Waals surface area contributed by atoms with Crippen molar-refractivity contribution >= 4 is 28.3 Å². The molecule has 2 nitrogen and oxygen atoms in total. The van der Waals surface area contributed by atoms with E-state index in [2.05, 4.69) is 34.0 Å². The van der Waals surface area contributed by atoms with Crippen LogP contribution in [-0.2, 0) is 6.54 Å². The Morgan fingerprint density at radius 1 is 1.45 bits per heavy atom. The molecule has 1 aromatic carbocycles. The Hall–Kier alpha value is -0.290. The first kappa shape index (κ1) is 8.80. The van der Waals surface area contributed by atoms with Gasteiger partial charge in [0.05, 0.1) is 4.55 Å². The molecule has 0 radical (unpaired) electrons. The van der Waals surface area contributed by atoms with Crippen molar-refractivity contribution in [1.29, 1.82) is 0 Å². The Morgan fingerprint density at radius 3 is 2.91 bits per heavy atom. The fourth-order valence-corrected chi connectivity index (χ4v) is 1.33. The SMILES string of the molecule is NCc1cccc(NCI)c1. The molecule has 0 fully saturated rings. The average molecular weight is 262 g/mol. The summed E-state index contributed by atoms with van der Waals surface area (Å²) < 4.78 is 0.922. The maximum atomic E-state index is 5.49. The molecule has 0 aliphatic heterocycles. The van der Waals surface area contributed by atoms with Crippen LogP contribution in [0.25, 0.3) is 0 Å². The van der Waals surface area contributed by atoms with Gasteiger partial charge < -0.3 is 11.1 Å². The Labute approximate surface area is 80.3 Å². The lowest BCUT2D eigenvalue weighted by molar-refractivity contribution is 1.07. The van der Waals surface area contributed by atoms with Gasteiger partial charge in [-0.3, -0.25) is 0 Å². The number of halogens is 1. The molecule has 0 aromatic heterocycles. The molecule has 0 heterocycles. The molecule has 1 aromatic rings. The standard InChI is InChI=1S/C8H11IN2/c9-6-11-8-3-1-2-7(4-8)5-10/h1-4,11H,5-6,10H2. The van der Waals surface area contributed by atoms with Gasteiger partial charge in [0.25, 0.3) is 0 Å². The molecule has 3 N–H and O–H groups in total. The molecule has 0 unspecified atom stereocenters. The van der Waals surface area contributed by atoms with E-state index in [1.807, 2.05) is 18.2 Å². The monoisotopic (exact) mass is 262 g/mol. The summed E-state index contributed by atoms with van der Waals surface area (Å²) in [6.07, 6.45) is 0. The summed E-state index contributed by atoms with van der Waals surface area (Å²) in [6, 6.07) is 8.14. The first-order chi connectivity index (χ1) is 5.36. The Kier molecular flexibility index (Phi) is 3.65. The van der Waals surface area contributed by atoms with Crippen LogP contribution in [0.15, 0.2) is 24.3 Å². The molecule has 0 bridgehead atoms. The van der Waals surface area contributed by atoms with Crippen LogP contribution in [-0.4, -0.2) is 4.55 Å². The molecule has 0 spiro atoms. The van der Waals surface area contributed by atoms with Gasteiger partial charge in [0, 0.05) is 12.2 Å². The zero-order valence-corrected chi connectivity index (χ0v) is 8.34. The minimum absolute atomic E-state index is 0.608. The van der Waals surface area contributed by atoms with Crippen LogP contribution in [0.2, 0.25) is 0 Å². The molecule has 0 saturated heterocycles. The normalized spacial score (nSPS) is 9.64. The lowest BCUT2D eigenvalue weighted by atomic mass is 10.2. The smallest absolute Gasteiger partial charge is 0.0670 e. The molecular weight excluding hydrogens is 251 g/mol. The van der Waals surface area contributed by atoms with Crippen molar-refractivity contribution in [2.75, 3.05) is 9.87 Å². The van der Waals surface area contributed by atoms with E-state index >= 15 is 0 Å². The molecule has 60 valence electrons. The largest absolute Gasteiger partial charge is 0.376 e. The third-order valence-corrected chi connectivity index (χ3v) is 1.82. The number of hydrogen-bond donors (Lipinski definition) is 2. The highest BCUT2D eigenvalue weighted by atomic mass is 127. The molecule has 3 heteroatoms. The topological polar surface area (TPSA) is 38.0 Å². The van der Waals surface area contributed by atoms with Gasteiger partial charge in [-0.05, 0) is 17.7 Å². The highest BCUT2D eigenvalue weighted by Crippen LogP contribution is 2.09. The molecule has 11 heavy (non-hydrogen) atoms. The van der Waals surface area contributed by atoms with E-state index in [0.29, 0.717) is 6.54 Å². The van der Waals surface area contributed by atoms with Gasteiger partial charge in [0.1, 0.15) is 0 Å². The van der Waals surface area contributed by atoms with Gasteiger partial charge in [-0.25, -0.2) is 0 Å². The second-order valence-corrected chi connectivity index (χ2v) is 2.98. The van der Waals surface area contributed by atoms with Gasteiger partial charge in [0.2, 0.25) is 0 Å². The second-order valence-electron chi connectivity index (χ2n) is 2.21. The van der Waals surface area contributed by atoms with Crippen LogP contribution in [0.3, 0.4) is 0 Å². The number of rotatable bonds is 3. The fourth-order valence-electron chi connectivity index (χ4n) is 0.885. The number of nitrogens with one attached hydrogen (secondary N) is 1. The van der Waals surface area contributed by atoms with Crippen molar-refractivity contribution in [3.63, 3.8) is 0 Å². The van der Waals surface area contributed by atoms with Crippen molar-refractivity contribution in [3.05, 3.63) is 29.8 Å². The predicted molar refractivity (Wildman–Crippen MR) is 56.8 cm³/mol. The van der Waals surface area contributed by atoms with Crippen molar-refractivity contribution in [2.45, 2.75) is 6.54 Å². The first-order valence-corrected chi connectivity index (χ1v) is 4.98. The van der Waals surface area contributed by atoms with Crippen LogP contribution in [0.5, 0.6) is 0 Å². The summed E-state index contributed by atoms with van der Waals surface area (Å²) in [7, 11) is 0. The van der Waals surface area contributed by atoms with E-state index in [1.54, 1.807) is 0 Å². The van der Waals surface area contributed by atoms with E-state index in [0.717, 1.165) is 10.2 Å². The van der Waals surface area contributed by atoms with E-state index in [1.165, 1.54) is 5.56 Å². The Morgan fingerprint density at radius 2 is 2.27 bits per heavy atom. The van der Waals surface area contributed by atoms with Crippen LogP contribution in [0.1, 0.15) is 5.56 Å². The third-order valence-electron chi connectivity index (χ3n) is 1.43. The van der Waals surface area contributed by atoms with Crippen LogP contribution < -0.4 is 11.1 Å². The molecule has 0 amide bonds. The summed E-state index contributed by atoms with van der Waals surface area (Å²) in [4.78, 5) is 0. The molecule has 0 saturated carbocycles. The quantitative estimate of drug-likeness (QED) is 0.496. The minimum Gasteiger partial charge on any atom is -0.376 e. The summed E-state index contributed by atoms with van der Waals surface area (Å²) >= 11 is 2.27. The summed E-state index contributed by atoms with van der Waals surface area (Å²) in [6.45, 7) is 0.608. The van der Waals surface area contributed by atoms with Crippen LogP contribution in [0.4, 0.5) is 5.69 Å². The summed E-state index contributed by atoms with van der Waals surface area (Å²) in [5.41, 5.74) is 7.79. The maximum absolute atomic E-state index is 5.49. The lowest BCUT2D eigenvalue weighted by Gasteiger charge is -2.03. The molecule has 0 atom stereocenters. The van der Waals surface area contributed by atoms with Crippen molar-refractivity contribution in [2.24, 2.45) is 5.73 Å². The summed E-state index contributed by atoms with van der Waals surface area (Å²) in [5, 5.41) is 3.21. The van der Waals surface area contributed by atoms with Gasteiger partial charge in [-0.1, -0.05) is 34.7 Å². The third kappa shape index (κ3) is 2.67. The summed E-state index contributed by atoms with van der Waals surface area (Å²) in [5.74, 6) is 0. The highest BCUT2D eigenvalue weighted by molar-refractivity contribution is 14.1. The van der Waals surface area contributed by atoms with Gasteiger partial charge in [0.15, 0.2) is 0 Å². The van der Waals surface area contributed by atoms with E-state index in [9.17, 15) is 0 Å². The molecule has 0 aliphatic rings. The van der Waals surface area contributed by atoms with Crippen molar-refractivity contribution < 1.29 is 0 Å². The number of benzene rings is 1. The van der Waals surface area contributed by atoms with Crippen LogP contribution >= 0.6 is 22.6 Å². The Balaban J connectivity index is 2.74. The minimum atomic E-state index is 0.608. The number of hydrogen-bond acceptors (Lipinski definition) is 2. The number of alkyl halides is 1. The number of nitrogens with two attached hydrogens (primary N) is 1. The van der Waals surface area contributed by atoms with Gasteiger partial charge in [-0.2, -0.15) is 0 Å².